The van der Waals surface area contributed by atoms with Crippen molar-refractivity contribution in [2.24, 2.45) is 0 Å². The Hall–Kier alpha value is -3.48. The number of nitrogens with one attached hydrogen (secondary N) is 2. The molecule has 2 aromatic heterocycles. The number of aromatic nitrogens is 3. The Labute approximate surface area is 164 Å². The lowest BCUT2D eigenvalue weighted by Crippen LogP contribution is -2.24. The van der Waals surface area contributed by atoms with Crippen LogP contribution >= 0.6 is 0 Å². The van der Waals surface area contributed by atoms with Gasteiger partial charge in [0.2, 0.25) is 0 Å². The lowest BCUT2D eigenvalue weighted by molar-refractivity contribution is 0.0945. The zero-order chi connectivity index (χ0) is 19.8. The number of hydrogen-bond acceptors (Lipinski definition) is 6. The first-order valence-electron chi connectivity index (χ1n) is 9.04. The first-order valence-corrected chi connectivity index (χ1v) is 9.04. The average Bonchev–Trinajstić information content (AvgIpc) is 2.72. The van der Waals surface area contributed by atoms with E-state index >= 15 is 0 Å². The predicted molar refractivity (Wildman–Crippen MR) is 107 cm³/mol. The van der Waals surface area contributed by atoms with E-state index in [1.165, 1.54) is 0 Å². The SMILES string of the molecule is COc1ccccc1CCNc1cc(C(=O)NCc2cccnc2)nc(C)n1. The number of hydrogen-bond donors (Lipinski definition) is 2. The number of anilines is 1. The first kappa shape index (κ1) is 19.3. The molecule has 2 heterocycles. The standard InChI is InChI=1S/C21H23N5O2/c1-15-25-18(21(27)24-14-16-6-5-10-22-13-16)12-20(26-15)23-11-9-17-7-3-4-8-19(17)28-2/h3-8,10,12-13H,9,11,14H2,1-2H3,(H,24,27)(H,23,25,26). The van der Waals surface area contributed by atoms with E-state index < -0.39 is 0 Å². The molecule has 0 saturated carbocycles. The number of carbonyl (C=O) groups excluding carboxylic acids is 1. The summed E-state index contributed by atoms with van der Waals surface area (Å²) < 4.78 is 5.37. The highest BCUT2D eigenvalue weighted by molar-refractivity contribution is 5.92. The van der Waals surface area contributed by atoms with Crippen LogP contribution in [0.4, 0.5) is 5.82 Å². The minimum Gasteiger partial charge on any atom is -0.496 e. The van der Waals surface area contributed by atoms with Crippen molar-refractivity contribution in [1.29, 1.82) is 0 Å². The van der Waals surface area contributed by atoms with Crippen molar-refractivity contribution >= 4 is 11.7 Å². The van der Waals surface area contributed by atoms with Gasteiger partial charge < -0.3 is 15.4 Å². The highest BCUT2D eigenvalue weighted by atomic mass is 16.5. The molecule has 0 aliphatic heterocycles. The van der Waals surface area contributed by atoms with Crippen LogP contribution in [0.5, 0.6) is 5.75 Å². The van der Waals surface area contributed by atoms with Gasteiger partial charge in [-0.3, -0.25) is 9.78 Å². The maximum atomic E-state index is 12.4. The predicted octanol–water partition coefficient (Wildman–Crippen LogP) is 2.77. The van der Waals surface area contributed by atoms with E-state index in [9.17, 15) is 4.79 Å². The van der Waals surface area contributed by atoms with Gasteiger partial charge in [0.15, 0.2) is 0 Å². The first-order chi connectivity index (χ1) is 13.7. The van der Waals surface area contributed by atoms with E-state index in [4.69, 9.17) is 4.74 Å². The Kier molecular flexibility index (Phi) is 6.51. The van der Waals surface area contributed by atoms with Gasteiger partial charge in [-0.15, -0.1) is 0 Å². The Morgan fingerprint density at radius 3 is 2.79 bits per heavy atom. The third-order valence-electron chi connectivity index (χ3n) is 4.14. The monoisotopic (exact) mass is 377 g/mol. The van der Waals surface area contributed by atoms with E-state index in [2.05, 4.69) is 25.6 Å². The zero-order valence-electron chi connectivity index (χ0n) is 16.0. The summed E-state index contributed by atoms with van der Waals surface area (Å²) in [4.78, 5) is 25.1. The number of methoxy groups -OCH3 is 1. The summed E-state index contributed by atoms with van der Waals surface area (Å²) in [6, 6.07) is 13.3. The maximum absolute atomic E-state index is 12.4. The Balaban J connectivity index is 1.60. The highest BCUT2D eigenvalue weighted by Crippen LogP contribution is 2.18. The number of nitrogens with zero attached hydrogens (tertiary/aromatic N) is 3. The van der Waals surface area contributed by atoms with Gasteiger partial charge in [0.25, 0.3) is 5.91 Å². The molecule has 0 saturated heterocycles. The number of rotatable bonds is 8. The fraction of sp³-hybridized carbons (Fsp3) is 0.238. The van der Waals surface area contributed by atoms with Crippen LogP contribution in [0.2, 0.25) is 0 Å². The molecule has 2 N–H and O–H groups in total. The molecule has 0 spiro atoms. The molecule has 0 aliphatic carbocycles. The van der Waals surface area contributed by atoms with Crippen LogP contribution in [0.15, 0.2) is 54.9 Å². The summed E-state index contributed by atoms with van der Waals surface area (Å²) in [5.41, 5.74) is 2.37. The number of amides is 1. The summed E-state index contributed by atoms with van der Waals surface area (Å²) >= 11 is 0. The van der Waals surface area contributed by atoms with Crippen molar-refractivity contribution in [2.45, 2.75) is 19.9 Å². The van der Waals surface area contributed by atoms with Crippen molar-refractivity contribution in [3.05, 3.63) is 77.5 Å². The molecule has 0 atom stereocenters. The Morgan fingerprint density at radius 1 is 1.14 bits per heavy atom. The van der Waals surface area contributed by atoms with Crippen LogP contribution in [0.3, 0.4) is 0 Å². The fourth-order valence-corrected chi connectivity index (χ4v) is 2.78. The van der Waals surface area contributed by atoms with E-state index in [0.29, 0.717) is 30.4 Å². The summed E-state index contributed by atoms with van der Waals surface area (Å²) in [5, 5.41) is 6.11. The number of para-hydroxylation sites is 1. The Bertz CT molecular complexity index is 931. The van der Waals surface area contributed by atoms with Crippen LogP contribution in [0.25, 0.3) is 0 Å². The van der Waals surface area contributed by atoms with Crippen LogP contribution in [0.1, 0.15) is 27.4 Å². The third-order valence-corrected chi connectivity index (χ3v) is 4.14. The van der Waals surface area contributed by atoms with Crippen LogP contribution in [-0.2, 0) is 13.0 Å². The Morgan fingerprint density at radius 2 is 2.00 bits per heavy atom. The molecule has 0 aliphatic rings. The zero-order valence-corrected chi connectivity index (χ0v) is 16.0. The quantitative estimate of drug-likeness (QED) is 0.627. The van der Waals surface area contributed by atoms with Crippen LogP contribution in [0, 0.1) is 6.92 Å². The topological polar surface area (TPSA) is 89.0 Å². The molecular weight excluding hydrogens is 354 g/mol. The lowest BCUT2D eigenvalue weighted by Gasteiger charge is -2.11. The van der Waals surface area contributed by atoms with Crippen molar-refractivity contribution < 1.29 is 9.53 Å². The molecule has 0 unspecified atom stereocenters. The second kappa shape index (κ2) is 9.45. The number of benzene rings is 1. The molecule has 0 bridgehead atoms. The summed E-state index contributed by atoms with van der Waals surface area (Å²) in [6.07, 6.45) is 4.19. The lowest BCUT2D eigenvalue weighted by atomic mass is 10.1. The molecule has 144 valence electrons. The van der Waals surface area contributed by atoms with Crippen LogP contribution < -0.4 is 15.4 Å². The fourth-order valence-electron chi connectivity index (χ4n) is 2.78. The van der Waals surface area contributed by atoms with Gasteiger partial charge in [-0.25, -0.2) is 9.97 Å². The summed E-state index contributed by atoms with van der Waals surface area (Å²) in [7, 11) is 1.66. The molecule has 3 aromatic rings. The molecule has 1 aromatic carbocycles. The van der Waals surface area contributed by atoms with E-state index in [0.717, 1.165) is 23.3 Å². The number of pyridine rings is 1. The average molecular weight is 377 g/mol. The van der Waals surface area contributed by atoms with Crippen molar-refractivity contribution in [3.8, 4) is 5.75 Å². The summed E-state index contributed by atoms with van der Waals surface area (Å²) in [6.45, 7) is 2.82. The van der Waals surface area contributed by atoms with E-state index in [1.54, 1.807) is 32.5 Å². The van der Waals surface area contributed by atoms with Gasteiger partial charge in [-0.05, 0) is 36.6 Å². The number of aryl methyl sites for hydroxylation is 1. The molecule has 1 amide bonds. The second-order valence-corrected chi connectivity index (χ2v) is 6.22. The molecule has 3 rings (SSSR count). The van der Waals surface area contributed by atoms with Crippen LogP contribution in [-0.4, -0.2) is 34.5 Å². The normalized spacial score (nSPS) is 10.4. The van der Waals surface area contributed by atoms with Gasteiger partial charge in [-0.1, -0.05) is 24.3 Å². The minimum absolute atomic E-state index is 0.248. The van der Waals surface area contributed by atoms with E-state index in [1.807, 2.05) is 36.4 Å². The van der Waals surface area contributed by atoms with Gasteiger partial charge in [0.1, 0.15) is 23.1 Å². The van der Waals surface area contributed by atoms with Crippen molar-refractivity contribution in [1.82, 2.24) is 20.3 Å². The van der Waals surface area contributed by atoms with Crippen molar-refractivity contribution in [2.75, 3.05) is 19.0 Å². The highest BCUT2D eigenvalue weighted by Gasteiger charge is 2.11. The maximum Gasteiger partial charge on any atom is 0.270 e. The smallest absolute Gasteiger partial charge is 0.270 e. The molecule has 0 radical (unpaired) electrons. The summed E-state index contributed by atoms with van der Waals surface area (Å²) in [5.74, 6) is 1.77. The largest absolute Gasteiger partial charge is 0.496 e. The molecule has 7 nitrogen and oxygen atoms in total. The van der Waals surface area contributed by atoms with E-state index in [-0.39, 0.29) is 5.91 Å². The molecular formula is C21H23N5O2. The van der Waals surface area contributed by atoms with Gasteiger partial charge in [0, 0.05) is 31.5 Å². The van der Waals surface area contributed by atoms with Gasteiger partial charge in [-0.2, -0.15) is 0 Å². The molecule has 0 fully saturated rings. The number of ether oxygens (including phenoxy) is 1. The molecule has 28 heavy (non-hydrogen) atoms. The van der Waals surface area contributed by atoms with Gasteiger partial charge in [0.05, 0.1) is 7.11 Å². The number of carbonyl (C=O) groups is 1. The van der Waals surface area contributed by atoms with Gasteiger partial charge >= 0.3 is 0 Å². The minimum atomic E-state index is -0.248. The third kappa shape index (κ3) is 5.26. The molecule has 7 heteroatoms. The second-order valence-electron chi connectivity index (χ2n) is 6.22. The van der Waals surface area contributed by atoms with Crippen molar-refractivity contribution in [3.63, 3.8) is 0 Å².